The first kappa shape index (κ1) is 21.4. The monoisotopic (exact) mass is 436 g/mol. The van der Waals surface area contributed by atoms with Crippen molar-refractivity contribution < 1.29 is 9.53 Å². The summed E-state index contributed by atoms with van der Waals surface area (Å²) >= 11 is 12.1. The first-order chi connectivity index (χ1) is 14.5. The van der Waals surface area contributed by atoms with Crippen LogP contribution in [0.15, 0.2) is 72.3 Å². The van der Waals surface area contributed by atoms with Crippen LogP contribution in [-0.2, 0) is 11.4 Å². The Labute approximate surface area is 185 Å². The SMILES string of the molecule is Cc1ccc(NC(=O)/C(C#N)=C/c2ccccc2OCc2cccc(Cl)c2)cc1Cl. The highest BCUT2D eigenvalue weighted by molar-refractivity contribution is 6.31. The smallest absolute Gasteiger partial charge is 0.266 e. The Morgan fingerprint density at radius 2 is 1.90 bits per heavy atom. The van der Waals surface area contributed by atoms with Gasteiger partial charge in [-0.05, 0) is 54.5 Å². The number of nitriles is 1. The molecule has 3 aromatic rings. The van der Waals surface area contributed by atoms with Gasteiger partial charge in [-0.1, -0.05) is 59.6 Å². The fraction of sp³-hybridized carbons (Fsp3) is 0.0833. The summed E-state index contributed by atoms with van der Waals surface area (Å²) in [6.45, 7) is 2.18. The standard InChI is InChI=1S/C24H18Cl2N2O2/c1-16-9-10-21(13-22(16)26)28-24(29)19(14-27)12-18-6-2-3-8-23(18)30-15-17-5-4-7-20(25)11-17/h2-13H,15H2,1H3,(H,28,29)/b19-12+. The van der Waals surface area contributed by atoms with Crippen molar-refractivity contribution in [2.45, 2.75) is 13.5 Å². The van der Waals surface area contributed by atoms with E-state index in [9.17, 15) is 10.1 Å². The molecule has 0 aliphatic heterocycles. The highest BCUT2D eigenvalue weighted by atomic mass is 35.5. The number of carbonyl (C=O) groups is 1. The molecular weight excluding hydrogens is 419 g/mol. The first-order valence-electron chi connectivity index (χ1n) is 9.12. The molecule has 0 aliphatic rings. The second-order valence-corrected chi connectivity index (χ2v) is 7.39. The predicted octanol–water partition coefficient (Wildman–Crippen LogP) is 6.43. The molecule has 0 spiro atoms. The van der Waals surface area contributed by atoms with Crippen LogP contribution in [-0.4, -0.2) is 5.91 Å². The number of para-hydroxylation sites is 1. The highest BCUT2D eigenvalue weighted by Gasteiger charge is 2.12. The van der Waals surface area contributed by atoms with Crippen molar-refractivity contribution in [1.29, 1.82) is 5.26 Å². The normalized spacial score (nSPS) is 10.9. The molecule has 3 aromatic carbocycles. The molecule has 0 unspecified atom stereocenters. The van der Waals surface area contributed by atoms with Gasteiger partial charge >= 0.3 is 0 Å². The van der Waals surface area contributed by atoms with Gasteiger partial charge in [0.25, 0.3) is 5.91 Å². The number of ether oxygens (including phenoxy) is 1. The third-order valence-electron chi connectivity index (χ3n) is 4.30. The number of halogens is 2. The molecule has 6 heteroatoms. The van der Waals surface area contributed by atoms with Crippen LogP contribution in [0.3, 0.4) is 0 Å². The second kappa shape index (κ2) is 9.98. The van der Waals surface area contributed by atoms with Crippen LogP contribution in [0.5, 0.6) is 5.75 Å². The van der Waals surface area contributed by atoms with E-state index in [1.165, 1.54) is 6.08 Å². The molecule has 0 heterocycles. The van der Waals surface area contributed by atoms with Gasteiger partial charge in [-0.2, -0.15) is 5.26 Å². The number of nitrogens with zero attached hydrogens (tertiary/aromatic N) is 1. The summed E-state index contributed by atoms with van der Waals surface area (Å²) < 4.78 is 5.89. The van der Waals surface area contributed by atoms with Gasteiger partial charge in [0.05, 0.1) is 0 Å². The zero-order valence-electron chi connectivity index (χ0n) is 16.2. The van der Waals surface area contributed by atoms with Crippen molar-refractivity contribution in [1.82, 2.24) is 0 Å². The minimum absolute atomic E-state index is 0.0505. The maximum absolute atomic E-state index is 12.6. The molecule has 4 nitrogen and oxygen atoms in total. The Morgan fingerprint density at radius 1 is 1.10 bits per heavy atom. The van der Waals surface area contributed by atoms with E-state index in [4.69, 9.17) is 27.9 Å². The van der Waals surface area contributed by atoms with E-state index in [0.29, 0.717) is 33.7 Å². The molecule has 0 aliphatic carbocycles. The van der Waals surface area contributed by atoms with Gasteiger partial charge in [0, 0.05) is 21.3 Å². The molecule has 0 saturated carbocycles. The quantitative estimate of drug-likeness (QED) is 0.357. The lowest BCUT2D eigenvalue weighted by Crippen LogP contribution is -2.13. The summed E-state index contributed by atoms with van der Waals surface area (Å²) in [5.41, 5.74) is 2.90. The zero-order valence-corrected chi connectivity index (χ0v) is 17.7. The number of anilines is 1. The van der Waals surface area contributed by atoms with Crippen LogP contribution >= 0.6 is 23.2 Å². The van der Waals surface area contributed by atoms with Gasteiger partial charge in [0.1, 0.15) is 24.0 Å². The van der Waals surface area contributed by atoms with Crippen LogP contribution in [0.1, 0.15) is 16.7 Å². The molecule has 1 amide bonds. The minimum Gasteiger partial charge on any atom is -0.488 e. The van der Waals surface area contributed by atoms with Crippen molar-refractivity contribution in [3.63, 3.8) is 0 Å². The van der Waals surface area contributed by atoms with E-state index in [2.05, 4.69) is 5.32 Å². The van der Waals surface area contributed by atoms with Gasteiger partial charge in [0.2, 0.25) is 0 Å². The van der Waals surface area contributed by atoms with E-state index in [-0.39, 0.29) is 5.57 Å². The molecule has 0 saturated heterocycles. The predicted molar refractivity (Wildman–Crippen MR) is 121 cm³/mol. The molecule has 0 atom stereocenters. The average Bonchev–Trinajstić information content (AvgIpc) is 2.74. The molecule has 0 aromatic heterocycles. The molecule has 30 heavy (non-hydrogen) atoms. The lowest BCUT2D eigenvalue weighted by molar-refractivity contribution is -0.112. The van der Waals surface area contributed by atoms with E-state index < -0.39 is 5.91 Å². The largest absolute Gasteiger partial charge is 0.488 e. The summed E-state index contributed by atoms with van der Waals surface area (Å²) in [5, 5.41) is 13.4. The minimum atomic E-state index is -0.526. The number of rotatable bonds is 6. The van der Waals surface area contributed by atoms with E-state index in [1.54, 1.807) is 36.4 Å². The van der Waals surface area contributed by atoms with Crippen molar-refractivity contribution in [2.75, 3.05) is 5.32 Å². The van der Waals surface area contributed by atoms with Gasteiger partial charge in [0.15, 0.2) is 0 Å². The summed E-state index contributed by atoms with van der Waals surface area (Å²) in [4.78, 5) is 12.6. The van der Waals surface area contributed by atoms with Crippen molar-refractivity contribution in [3.8, 4) is 11.8 Å². The second-order valence-electron chi connectivity index (χ2n) is 6.54. The summed E-state index contributed by atoms with van der Waals surface area (Å²) in [6, 6.07) is 21.7. The maximum atomic E-state index is 12.6. The number of benzene rings is 3. The Hall–Kier alpha value is -3.26. The van der Waals surface area contributed by atoms with Gasteiger partial charge in [-0.3, -0.25) is 4.79 Å². The van der Waals surface area contributed by atoms with Crippen LogP contribution in [0.2, 0.25) is 10.0 Å². The van der Waals surface area contributed by atoms with E-state index in [1.807, 2.05) is 43.3 Å². The third kappa shape index (κ3) is 5.64. The molecule has 0 radical (unpaired) electrons. The Morgan fingerprint density at radius 3 is 2.63 bits per heavy atom. The Balaban J connectivity index is 1.79. The molecule has 1 N–H and O–H groups in total. The first-order valence-corrected chi connectivity index (χ1v) is 9.87. The maximum Gasteiger partial charge on any atom is 0.266 e. The summed E-state index contributed by atoms with van der Waals surface area (Å²) in [6.07, 6.45) is 1.50. The van der Waals surface area contributed by atoms with E-state index in [0.717, 1.165) is 11.1 Å². The van der Waals surface area contributed by atoms with Crippen molar-refractivity contribution in [2.24, 2.45) is 0 Å². The zero-order chi connectivity index (χ0) is 21.5. The van der Waals surface area contributed by atoms with Crippen LogP contribution in [0.4, 0.5) is 5.69 Å². The van der Waals surface area contributed by atoms with Crippen LogP contribution in [0, 0.1) is 18.3 Å². The number of amides is 1. The van der Waals surface area contributed by atoms with Crippen LogP contribution in [0.25, 0.3) is 6.08 Å². The topological polar surface area (TPSA) is 62.1 Å². The summed E-state index contributed by atoms with van der Waals surface area (Å²) in [5.74, 6) is 0.0264. The lowest BCUT2D eigenvalue weighted by Gasteiger charge is -2.10. The Kier molecular flexibility index (Phi) is 7.13. The number of carbonyl (C=O) groups excluding carboxylic acids is 1. The molecule has 0 fully saturated rings. The van der Waals surface area contributed by atoms with Crippen LogP contribution < -0.4 is 10.1 Å². The average molecular weight is 437 g/mol. The lowest BCUT2D eigenvalue weighted by atomic mass is 10.1. The number of nitrogens with one attached hydrogen (secondary N) is 1. The van der Waals surface area contributed by atoms with Gasteiger partial charge < -0.3 is 10.1 Å². The third-order valence-corrected chi connectivity index (χ3v) is 4.94. The van der Waals surface area contributed by atoms with Gasteiger partial charge in [-0.25, -0.2) is 0 Å². The molecule has 3 rings (SSSR count). The molecular formula is C24H18Cl2N2O2. The summed E-state index contributed by atoms with van der Waals surface area (Å²) in [7, 11) is 0. The number of aryl methyl sites for hydroxylation is 1. The number of hydrogen-bond acceptors (Lipinski definition) is 3. The Bertz CT molecular complexity index is 1150. The fourth-order valence-electron chi connectivity index (χ4n) is 2.69. The highest BCUT2D eigenvalue weighted by Crippen LogP contribution is 2.24. The van der Waals surface area contributed by atoms with Crippen molar-refractivity contribution in [3.05, 3.63) is 99.0 Å². The van der Waals surface area contributed by atoms with Crippen molar-refractivity contribution >= 4 is 40.9 Å². The molecule has 150 valence electrons. The van der Waals surface area contributed by atoms with E-state index >= 15 is 0 Å². The molecule has 0 bridgehead atoms. The fourth-order valence-corrected chi connectivity index (χ4v) is 3.09. The number of hydrogen-bond donors (Lipinski definition) is 1. The van der Waals surface area contributed by atoms with Gasteiger partial charge in [-0.15, -0.1) is 0 Å².